The Kier molecular flexibility index (Phi) is 5.38. The van der Waals surface area contributed by atoms with E-state index in [9.17, 15) is 5.11 Å². The Bertz CT molecular complexity index is 603. The SMILES string of the molecule is CC(CO)CCC1O[C@H]2CC3C4CCC5CCCCC5(C)C4CCC3(C)[C@H]2[C@@H]1C. The highest BCUT2D eigenvalue weighted by atomic mass is 16.5. The van der Waals surface area contributed by atoms with E-state index < -0.39 is 0 Å². The van der Waals surface area contributed by atoms with Gasteiger partial charge in [-0.25, -0.2) is 0 Å². The predicted octanol–water partition coefficient (Wildman–Crippen LogP) is 6.46. The second-order valence-electron chi connectivity index (χ2n) is 12.6. The van der Waals surface area contributed by atoms with Gasteiger partial charge < -0.3 is 9.84 Å². The lowest BCUT2D eigenvalue weighted by molar-refractivity contribution is -0.115. The van der Waals surface area contributed by atoms with Gasteiger partial charge in [-0.15, -0.1) is 0 Å². The molecule has 1 saturated heterocycles. The molecule has 0 bridgehead atoms. The molecule has 5 rings (SSSR count). The van der Waals surface area contributed by atoms with Gasteiger partial charge in [0.05, 0.1) is 12.2 Å². The minimum Gasteiger partial charge on any atom is -0.396 e. The Morgan fingerprint density at radius 3 is 2.62 bits per heavy atom. The molecular weight excluding hydrogens is 356 g/mol. The van der Waals surface area contributed by atoms with Crippen molar-refractivity contribution in [3.8, 4) is 0 Å². The lowest BCUT2D eigenvalue weighted by Crippen LogP contribution is -2.53. The molecule has 29 heavy (non-hydrogen) atoms. The van der Waals surface area contributed by atoms with Gasteiger partial charge in [0.25, 0.3) is 0 Å². The van der Waals surface area contributed by atoms with Crippen LogP contribution in [0.4, 0.5) is 0 Å². The van der Waals surface area contributed by atoms with Gasteiger partial charge in [0.15, 0.2) is 0 Å². The molecule has 166 valence electrons. The van der Waals surface area contributed by atoms with Crippen LogP contribution in [0.25, 0.3) is 0 Å². The van der Waals surface area contributed by atoms with E-state index in [-0.39, 0.29) is 0 Å². The van der Waals surface area contributed by atoms with Gasteiger partial charge in [-0.2, -0.15) is 0 Å². The van der Waals surface area contributed by atoms with Gasteiger partial charge in [-0.05, 0) is 110 Å². The van der Waals surface area contributed by atoms with E-state index in [4.69, 9.17) is 4.74 Å². The molecule has 5 aliphatic rings. The van der Waals surface area contributed by atoms with Crippen LogP contribution in [0, 0.1) is 52.3 Å². The summed E-state index contributed by atoms with van der Waals surface area (Å²) < 4.78 is 6.78. The molecular formula is C27H46O2. The molecule has 8 unspecified atom stereocenters. The standard InChI is InChI=1S/C27H46O2/c1-17(16-28)8-11-23-18(2)25-24(29-23)15-22-20-10-9-19-7-5-6-13-26(19,3)21(20)12-14-27(22,25)4/h17-25,28H,5-16H2,1-4H3/t17?,18-,19?,20?,21?,22?,23?,24+,25+,26?,27?/m1/s1. The normalized spacial score (nSPS) is 54.9. The third-order valence-electron chi connectivity index (χ3n) is 11.4. The highest BCUT2D eigenvalue weighted by Crippen LogP contribution is 2.70. The van der Waals surface area contributed by atoms with E-state index in [1.807, 2.05) is 0 Å². The monoisotopic (exact) mass is 402 g/mol. The van der Waals surface area contributed by atoms with Crippen molar-refractivity contribution in [2.24, 2.45) is 52.3 Å². The smallest absolute Gasteiger partial charge is 0.0618 e. The van der Waals surface area contributed by atoms with Gasteiger partial charge in [0.1, 0.15) is 0 Å². The van der Waals surface area contributed by atoms with E-state index in [2.05, 4.69) is 27.7 Å². The van der Waals surface area contributed by atoms with Crippen LogP contribution in [0.15, 0.2) is 0 Å². The molecule has 1 N–H and O–H groups in total. The molecule has 0 spiro atoms. The first-order valence-electron chi connectivity index (χ1n) is 13.1. The summed E-state index contributed by atoms with van der Waals surface area (Å²) in [5.41, 5.74) is 1.16. The average molecular weight is 403 g/mol. The van der Waals surface area contributed by atoms with E-state index >= 15 is 0 Å². The van der Waals surface area contributed by atoms with Crippen LogP contribution in [0.3, 0.4) is 0 Å². The molecule has 1 aliphatic heterocycles. The molecule has 0 aromatic rings. The summed E-state index contributed by atoms with van der Waals surface area (Å²) in [6, 6.07) is 0. The zero-order chi connectivity index (χ0) is 20.4. The summed E-state index contributed by atoms with van der Waals surface area (Å²) in [6.45, 7) is 10.4. The van der Waals surface area contributed by atoms with Gasteiger partial charge in [0, 0.05) is 6.61 Å². The minimum absolute atomic E-state index is 0.316. The Hall–Kier alpha value is -0.0800. The van der Waals surface area contributed by atoms with E-state index in [1.54, 1.807) is 0 Å². The maximum atomic E-state index is 9.40. The van der Waals surface area contributed by atoms with E-state index in [1.165, 1.54) is 57.8 Å². The van der Waals surface area contributed by atoms with Crippen LogP contribution in [-0.4, -0.2) is 23.9 Å². The Morgan fingerprint density at radius 2 is 1.83 bits per heavy atom. The lowest BCUT2D eigenvalue weighted by atomic mass is 9.44. The molecule has 0 amide bonds. The average Bonchev–Trinajstić information content (AvgIpc) is 3.19. The van der Waals surface area contributed by atoms with Crippen LogP contribution >= 0.6 is 0 Å². The quantitative estimate of drug-likeness (QED) is 0.585. The van der Waals surface area contributed by atoms with Gasteiger partial charge in [-0.1, -0.05) is 40.5 Å². The number of fused-ring (bicyclic) bond motifs is 7. The highest BCUT2D eigenvalue weighted by Gasteiger charge is 2.65. The van der Waals surface area contributed by atoms with E-state index in [0.29, 0.717) is 41.5 Å². The zero-order valence-electron chi connectivity index (χ0n) is 19.5. The molecule has 0 radical (unpaired) electrons. The lowest BCUT2D eigenvalue weighted by Gasteiger charge is -2.60. The topological polar surface area (TPSA) is 29.5 Å². The highest BCUT2D eigenvalue weighted by molar-refractivity contribution is 5.13. The maximum absolute atomic E-state index is 9.40. The molecule has 4 saturated carbocycles. The molecule has 11 atom stereocenters. The van der Waals surface area contributed by atoms with Crippen molar-refractivity contribution in [3.05, 3.63) is 0 Å². The number of aliphatic hydroxyl groups excluding tert-OH is 1. The predicted molar refractivity (Wildman–Crippen MR) is 119 cm³/mol. The van der Waals surface area contributed by atoms with Crippen molar-refractivity contribution in [2.75, 3.05) is 6.61 Å². The van der Waals surface area contributed by atoms with Crippen LogP contribution in [0.2, 0.25) is 0 Å². The van der Waals surface area contributed by atoms with E-state index in [0.717, 1.165) is 42.4 Å². The van der Waals surface area contributed by atoms with Crippen molar-refractivity contribution < 1.29 is 9.84 Å². The third-order valence-corrected chi connectivity index (χ3v) is 11.4. The first-order chi connectivity index (χ1) is 13.9. The second-order valence-corrected chi connectivity index (χ2v) is 12.6. The molecule has 5 fully saturated rings. The first-order valence-corrected chi connectivity index (χ1v) is 13.1. The molecule has 0 aromatic heterocycles. The fourth-order valence-corrected chi connectivity index (χ4v) is 9.85. The van der Waals surface area contributed by atoms with Crippen LogP contribution < -0.4 is 0 Å². The molecule has 0 aromatic carbocycles. The van der Waals surface area contributed by atoms with Gasteiger partial charge in [-0.3, -0.25) is 0 Å². The fourth-order valence-electron chi connectivity index (χ4n) is 9.85. The number of ether oxygens (including phenoxy) is 1. The van der Waals surface area contributed by atoms with Gasteiger partial charge >= 0.3 is 0 Å². The maximum Gasteiger partial charge on any atom is 0.0618 e. The summed E-state index contributed by atoms with van der Waals surface area (Å²) in [5.74, 6) is 5.79. The number of hydrogen-bond donors (Lipinski definition) is 1. The largest absolute Gasteiger partial charge is 0.396 e. The minimum atomic E-state index is 0.316. The summed E-state index contributed by atoms with van der Waals surface area (Å²) >= 11 is 0. The van der Waals surface area contributed by atoms with Gasteiger partial charge in [0.2, 0.25) is 0 Å². The van der Waals surface area contributed by atoms with Crippen molar-refractivity contribution >= 4 is 0 Å². The Balaban J connectivity index is 1.33. The summed E-state index contributed by atoms with van der Waals surface area (Å²) in [5, 5.41) is 9.40. The number of aliphatic hydroxyl groups is 1. The number of hydrogen-bond acceptors (Lipinski definition) is 2. The first kappa shape index (κ1) is 20.8. The summed E-state index contributed by atoms with van der Waals surface area (Å²) in [4.78, 5) is 0. The van der Waals surface area contributed by atoms with Crippen LogP contribution in [0.5, 0.6) is 0 Å². The second kappa shape index (κ2) is 7.51. The fraction of sp³-hybridized carbons (Fsp3) is 1.00. The molecule has 2 nitrogen and oxygen atoms in total. The Labute approximate surface area is 179 Å². The molecule has 2 heteroatoms. The summed E-state index contributed by atoms with van der Waals surface area (Å²) in [7, 11) is 0. The Morgan fingerprint density at radius 1 is 1.00 bits per heavy atom. The van der Waals surface area contributed by atoms with Crippen molar-refractivity contribution in [1.29, 1.82) is 0 Å². The number of rotatable bonds is 4. The van der Waals surface area contributed by atoms with Crippen LogP contribution in [0.1, 0.15) is 98.3 Å². The zero-order valence-corrected chi connectivity index (χ0v) is 19.5. The third kappa shape index (κ3) is 3.09. The van der Waals surface area contributed by atoms with Crippen molar-refractivity contribution in [1.82, 2.24) is 0 Å². The summed E-state index contributed by atoms with van der Waals surface area (Å²) in [6.07, 6.45) is 16.5. The molecule has 1 heterocycles. The van der Waals surface area contributed by atoms with Crippen LogP contribution in [-0.2, 0) is 4.74 Å². The van der Waals surface area contributed by atoms with Crippen molar-refractivity contribution in [2.45, 2.75) is 111 Å². The molecule has 4 aliphatic carbocycles. The van der Waals surface area contributed by atoms with Crippen molar-refractivity contribution in [3.63, 3.8) is 0 Å².